The summed E-state index contributed by atoms with van der Waals surface area (Å²) in [6, 6.07) is 0. The van der Waals surface area contributed by atoms with Crippen LogP contribution in [0.1, 0.15) is 45.4 Å². The zero-order valence-corrected chi connectivity index (χ0v) is 7.40. The van der Waals surface area contributed by atoms with Gasteiger partial charge in [-0.25, -0.2) is 0 Å². The zero-order chi connectivity index (χ0) is 8.36. The molecule has 0 aliphatic rings. The Bertz CT molecular complexity index is 83.4. The van der Waals surface area contributed by atoms with Gasteiger partial charge in [0.1, 0.15) is 0 Å². The van der Waals surface area contributed by atoms with Gasteiger partial charge in [-0.05, 0) is 6.42 Å². The molecule has 0 amide bonds. The molecule has 0 aromatic heterocycles. The van der Waals surface area contributed by atoms with Gasteiger partial charge in [-0.15, -0.1) is 0 Å². The Labute approximate surface area is 69.1 Å². The quantitative estimate of drug-likeness (QED) is 0.317. The van der Waals surface area contributed by atoms with E-state index in [0.29, 0.717) is 0 Å². The molecule has 0 bridgehead atoms. The third-order valence-corrected chi connectivity index (χ3v) is 1.72. The van der Waals surface area contributed by atoms with Gasteiger partial charge in [0, 0.05) is 6.54 Å². The summed E-state index contributed by atoms with van der Waals surface area (Å²) in [5.41, 5.74) is 9.09. The van der Waals surface area contributed by atoms with Gasteiger partial charge >= 0.3 is 0 Å². The summed E-state index contributed by atoms with van der Waals surface area (Å²) in [6.45, 7) is 3.08. The molecule has 0 aliphatic carbocycles. The van der Waals surface area contributed by atoms with Crippen molar-refractivity contribution in [2.75, 3.05) is 6.54 Å². The third kappa shape index (κ3) is 9.40. The number of hydrogen-bond donors (Lipinski definition) is 2. The molecule has 0 radical (unpaired) electrons. The van der Waals surface area contributed by atoms with Crippen LogP contribution in [-0.2, 0) is 0 Å². The Kier molecular flexibility index (Phi) is 8.89. The first kappa shape index (κ1) is 10.4. The average Bonchev–Trinajstić information content (AvgIpc) is 2.03. The fourth-order valence-electron chi connectivity index (χ4n) is 1.04. The highest BCUT2D eigenvalue weighted by Gasteiger charge is 1.88. The van der Waals surface area contributed by atoms with Gasteiger partial charge in [-0.2, -0.15) is 5.53 Å². The van der Waals surface area contributed by atoms with Gasteiger partial charge in [0.2, 0.25) is 0 Å². The van der Waals surface area contributed by atoms with E-state index in [-0.39, 0.29) is 0 Å². The maximum absolute atomic E-state index is 6.46. The van der Waals surface area contributed by atoms with Crippen LogP contribution in [0.25, 0.3) is 0 Å². The number of nitrogens with one attached hydrogen (secondary N) is 2. The van der Waals surface area contributed by atoms with Crippen molar-refractivity contribution in [1.29, 1.82) is 5.53 Å². The van der Waals surface area contributed by atoms with Crippen LogP contribution in [0.4, 0.5) is 0 Å². The minimum atomic E-state index is 0.857. The molecule has 66 valence electrons. The molecule has 0 atom stereocenters. The van der Waals surface area contributed by atoms with Crippen LogP contribution in [0.2, 0.25) is 0 Å². The standard InChI is InChI=1S/C8H19N3/c1-2-3-4-5-6-7-8-10-11-9/h2-8H2,1H3,(H2,9,10). The highest BCUT2D eigenvalue weighted by atomic mass is 15.4. The summed E-state index contributed by atoms with van der Waals surface area (Å²) < 4.78 is 0. The molecule has 0 aromatic carbocycles. The summed E-state index contributed by atoms with van der Waals surface area (Å²) in [5, 5.41) is 3.07. The highest BCUT2D eigenvalue weighted by Crippen LogP contribution is 2.03. The van der Waals surface area contributed by atoms with E-state index in [4.69, 9.17) is 5.53 Å². The second-order valence-corrected chi connectivity index (χ2v) is 2.79. The molecular formula is C8H19N3. The Hall–Kier alpha value is -0.600. The van der Waals surface area contributed by atoms with Crippen LogP contribution in [0.3, 0.4) is 0 Å². The van der Waals surface area contributed by atoms with E-state index in [2.05, 4.69) is 17.6 Å². The second-order valence-electron chi connectivity index (χ2n) is 2.79. The van der Waals surface area contributed by atoms with Crippen molar-refractivity contribution in [2.45, 2.75) is 45.4 Å². The van der Waals surface area contributed by atoms with Crippen molar-refractivity contribution >= 4 is 0 Å². The van der Waals surface area contributed by atoms with Crippen LogP contribution in [0, 0.1) is 5.53 Å². The molecule has 0 spiro atoms. The van der Waals surface area contributed by atoms with Gasteiger partial charge in [-0.1, -0.05) is 44.3 Å². The van der Waals surface area contributed by atoms with Gasteiger partial charge in [0.25, 0.3) is 0 Å². The zero-order valence-electron chi connectivity index (χ0n) is 7.40. The molecule has 0 heterocycles. The van der Waals surface area contributed by atoms with Gasteiger partial charge in [0.05, 0.1) is 0 Å². The average molecular weight is 157 g/mol. The topological polar surface area (TPSA) is 48.2 Å². The van der Waals surface area contributed by atoms with Crippen LogP contribution in [0.15, 0.2) is 5.22 Å². The Balaban J connectivity index is 2.74. The van der Waals surface area contributed by atoms with Crippen molar-refractivity contribution < 1.29 is 0 Å². The largest absolute Gasteiger partial charge is 0.292 e. The number of unbranched alkanes of at least 4 members (excludes halogenated alkanes) is 5. The molecule has 0 rings (SSSR count). The van der Waals surface area contributed by atoms with Crippen molar-refractivity contribution in [3.05, 3.63) is 0 Å². The molecule has 0 saturated heterocycles. The first-order valence-corrected chi connectivity index (χ1v) is 4.51. The van der Waals surface area contributed by atoms with E-state index in [1.807, 2.05) is 0 Å². The molecule has 2 N–H and O–H groups in total. The molecule has 3 heteroatoms. The lowest BCUT2D eigenvalue weighted by Gasteiger charge is -1.98. The third-order valence-electron chi connectivity index (χ3n) is 1.72. The van der Waals surface area contributed by atoms with Crippen LogP contribution < -0.4 is 5.43 Å². The monoisotopic (exact) mass is 157 g/mol. The van der Waals surface area contributed by atoms with Gasteiger partial charge in [0.15, 0.2) is 0 Å². The summed E-state index contributed by atoms with van der Waals surface area (Å²) in [5.74, 6) is 0. The van der Waals surface area contributed by atoms with Crippen molar-refractivity contribution in [2.24, 2.45) is 5.22 Å². The fourth-order valence-corrected chi connectivity index (χ4v) is 1.04. The molecule has 3 nitrogen and oxygen atoms in total. The van der Waals surface area contributed by atoms with Crippen molar-refractivity contribution in [1.82, 2.24) is 5.43 Å². The van der Waals surface area contributed by atoms with Crippen molar-refractivity contribution in [3.8, 4) is 0 Å². The maximum atomic E-state index is 6.46. The van der Waals surface area contributed by atoms with E-state index in [0.717, 1.165) is 13.0 Å². The lowest BCUT2D eigenvalue weighted by Crippen LogP contribution is -2.05. The van der Waals surface area contributed by atoms with Crippen molar-refractivity contribution in [3.63, 3.8) is 0 Å². The molecule has 0 aliphatic heterocycles. The first-order valence-electron chi connectivity index (χ1n) is 4.51. The summed E-state index contributed by atoms with van der Waals surface area (Å²) in [6.07, 6.45) is 7.76. The van der Waals surface area contributed by atoms with Crippen LogP contribution in [-0.4, -0.2) is 6.54 Å². The Morgan fingerprint density at radius 3 is 2.36 bits per heavy atom. The Morgan fingerprint density at radius 2 is 1.73 bits per heavy atom. The summed E-state index contributed by atoms with van der Waals surface area (Å²) in [7, 11) is 0. The lowest BCUT2D eigenvalue weighted by atomic mass is 10.1. The van der Waals surface area contributed by atoms with E-state index in [1.165, 1.54) is 32.1 Å². The van der Waals surface area contributed by atoms with E-state index < -0.39 is 0 Å². The Morgan fingerprint density at radius 1 is 1.09 bits per heavy atom. The molecular weight excluding hydrogens is 138 g/mol. The minimum Gasteiger partial charge on any atom is -0.292 e. The molecule has 0 aromatic rings. The predicted molar refractivity (Wildman–Crippen MR) is 46.5 cm³/mol. The van der Waals surface area contributed by atoms with E-state index in [9.17, 15) is 0 Å². The second kappa shape index (κ2) is 9.40. The smallest absolute Gasteiger partial charge is 0.0346 e. The van der Waals surface area contributed by atoms with Crippen LogP contribution in [0.5, 0.6) is 0 Å². The van der Waals surface area contributed by atoms with Gasteiger partial charge in [-0.3, -0.25) is 5.43 Å². The highest BCUT2D eigenvalue weighted by molar-refractivity contribution is 4.44. The molecule has 11 heavy (non-hydrogen) atoms. The molecule has 0 unspecified atom stereocenters. The van der Waals surface area contributed by atoms with E-state index >= 15 is 0 Å². The normalized spacial score (nSPS) is 9.55. The minimum absolute atomic E-state index is 0.857. The predicted octanol–water partition coefficient (Wildman–Crippen LogP) is 2.88. The number of rotatable bonds is 8. The number of hydrogen-bond acceptors (Lipinski definition) is 2. The summed E-state index contributed by atoms with van der Waals surface area (Å²) in [4.78, 5) is 0. The van der Waals surface area contributed by atoms with E-state index in [1.54, 1.807) is 0 Å². The lowest BCUT2D eigenvalue weighted by molar-refractivity contribution is 0.568. The summed E-state index contributed by atoms with van der Waals surface area (Å²) >= 11 is 0. The SMILES string of the molecule is CCCCCCCCNN=N. The van der Waals surface area contributed by atoms with Gasteiger partial charge < -0.3 is 0 Å². The van der Waals surface area contributed by atoms with Crippen LogP contribution >= 0.6 is 0 Å². The molecule has 0 saturated carbocycles. The molecule has 0 fully saturated rings. The maximum Gasteiger partial charge on any atom is 0.0346 e. The first-order chi connectivity index (χ1) is 5.41. The number of nitrogens with zero attached hydrogens (tertiary/aromatic N) is 1. The fraction of sp³-hybridized carbons (Fsp3) is 1.00.